The molecule has 82 valence electrons. The van der Waals surface area contributed by atoms with Gasteiger partial charge >= 0.3 is 5.97 Å². The topological polar surface area (TPSA) is 37.3 Å². The highest BCUT2D eigenvalue weighted by Gasteiger charge is 2.24. The number of carboxylic acids is 1. The van der Waals surface area contributed by atoms with Crippen LogP contribution in [0.2, 0.25) is 0 Å². The summed E-state index contributed by atoms with van der Waals surface area (Å²) in [6, 6.07) is 0. The number of aliphatic carboxylic acids is 1. The molecule has 2 unspecified atom stereocenters. The van der Waals surface area contributed by atoms with E-state index in [2.05, 4.69) is 13.8 Å². The van der Waals surface area contributed by atoms with Gasteiger partial charge in [0.25, 0.3) is 0 Å². The van der Waals surface area contributed by atoms with Gasteiger partial charge in [-0.05, 0) is 31.1 Å². The van der Waals surface area contributed by atoms with Crippen molar-refractivity contribution >= 4 is 5.97 Å². The minimum Gasteiger partial charge on any atom is -0.481 e. The molecule has 1 saturated carbocycles. The first-order chi connectivity index (χ1) is 6.63. The second kappa shape index (κ2) is 5.38. The van der Waals surface area contributed by atoms with Crippen LogP contribution >= 0.6 is 0 Å². The first-order valence-electron chi connectivity index (χ1n) is 5.86. The van der Waals surface area contributed by atoms with Gasteiger partial charge in [-0.1, -0.05) is 33.1 Å². The maximum atomic E-state index is 10.9. The maximum Gasteiger partial charge on any atom is 0.306 e. The van der Waals surface area contributed by atoms with Gasteiger partial charge in [-0.25, -0.2) is 0 Å². The van der Waals surface area contributed by atoms with Gasteiger partial charge in [0.15, 0.2) is 0 Å². The van der Waals surface area contributed by atoms with Crippen molar-refractivity contribution in [1.82, 2.24) is 0 Å². The van der Waals surface area contributed by atoms with E-state index >= 15 is 0 Å². The summed E-state index contributed by atoms with van der Waals surface area (Å²) in [6.07, 6.45) is 6.57. The maximum absolute atomic E-state index is 10.9. The zero-order valence-corrected chi connectivity index (χ0v) is 9.33. The van der Waals surface area contributed by atoms with Crippen molar-refractivity contribution in [2.75, 3.05) is 0 Å². The van der Waals surface area contributed by atoms with E-state index in [1.807, 2.05) is 0 Å². The molecule has 0 heterocycles. The Bertz CT molecular complexity index is 189. The Balaban J connectivity index is 2.49. The summed E-state index contributed by atoms with van der Waals surface area (Å²) in [5, 5.41) is 9.00. The quantitative estimate of drug-likeness (QED) is 0.739. The Labute approximate surface area is 86.7 Å². The predicted molar refractivity (Wildman–Crippen MR) is 57.2 cm³/mol. The van der Waals surface area contributed by atoms with E-state index in [4.69, 9.17) is 5.11 Å². The molecule has 0 amide bonds. The molecule has 0 radical (unpaired) electrons. The minimum atomic E-state index is -0.591. The van der Waals surface area contributed by atoms with E-state index < -0.39 is 5.97 Å². The molecule has 2 heteroatoms. The monoisotopic (exact) mass is 198 g/mol. The molecule has 1 fully saturated rings. The molecule has 3 atom stereocenters. The molecular formula is C12H22O2. The van der Waals surface area contributed by atoms with Gasteiger partial charge in [0.05, 0.1) is 5.92 Å². The lowest BCUT2D eigenvalue weighted by molar-refractivity contribution is -0.142. The van der Waals surface area contributed by atoms with Crippen LogP contribution in [0.25, 0.3) is 0 Å². The average Bonchev–Trinajstić information content (AvgIpc) is 2.10. The SMILES string of the molecule is CC[C@H]1CCCC(C(=O)O)CC(C)C1. The third-order valence-corrected chi connectivity index (χ3v) is 3.51. The summed E-state index contributed by atoms with van der Waals surface area (Å²) in [5.74, 6) is 0.746. The number of rotatable bonds is 2. The Hall–Kier alpha value is -0.530. The van der Waals surface area contributed by atoms with E-state index in [1.165, 1.54) is 19.3 Å². The summed E-state index contributed by atoms with van der Waals surface area (Å²) in [4.78, 5) is 10.9. The molecule has 0 aliphatic heterocycles. The molecule has 0 spiro atoms. The Kier molecular flexibility index (Phi) is 4.43. The lowest BCUT2D eigenvalue weighted by Crippen LogP contribution is -2.21. The van der Waals surface area contributed by atoms with Crippen LogP contribution in [0.1, 0.15) is 52.4 Å². The minimum absolute atomic E-state index is 0.0807. The van der Waals surface area contributed by atoms with Crippen LogP contribution in [0.3, 0.4) is 0 Å². The smallest absolute Gasteiger partial charge is 0.306 e. The molecule has 0 saturated heterocycles. The van der Waals surface area contributed by atoms with Crippen LogP contribution in [0.15, 0.2) is 0 Å². The Morgan fingerprint density at radius 3 is 2.64 bits per heavy atom. The average molecular weight is 198 g/mol. The van der Waals surface area contributed by atoms with Crippen molar-refractivity contribution in [2.45, 2.75) is 52.4 Å². The zero-order valence-electron chi connectivity index (χ0n) is 9.33. The zero-order chi connectivity index (χ0) is 10.6. The van der Waals surface area contributed by atoms with Gasteiger partial charge in [0.2, 0.25) is 0 Å². The van der Waals surface area contributed by atoms with Gasteiger partial charge < -0.3 is 5.11 Å². The standard InChI is InChI=1S/C12H22O2/c1-3-10-5-4-6-11(12(13)14)8-9(2)7-10/h9-11H,3-8H2,1-2H3,(H,13,14)/t9?,10-,11?/m0/s1. The van der Waals surface area contributed by atoms with E-state index in [1.54, 1.807) is 0 Å². The van der Waals surface area contributed by atoms with E-state index in [-0.39, 0.29) is 5.92 Å². The second-order valence-corrected chi connectivity index (χ2v) is 4.82. The molecule has 0 bridgehead atoms. The van der Waals surface area contributed by atoms with Gasteiger partial charge in [-0.15, -0.1) is 0 Å². The summed E-state index contributed by atoms with van der Waals surface area (Å²) in [5.41, 5.74) is 0. The Morgan fingerprint density at radius 2 is 2.07 bits per heavy atom. The van der Waals surface area contributed by atoms with Crippen LogP contribution < -0.4 is 0 Å². The van der Waals surface area contributed by atoms with Crippen molar-refractivity contribution in [3.8, 4) is 0 Å². The molecule has 2 nitrogen and oxygen atoms in total. The van der Waals surface area contributed by atoms with E-state index in [0.717, 1.165) is 25.2 Å². The van der Waals surface area contributed by atoms with Crippen molar-refractivity contribution < 1.29 is 9.90 Å². The largest absolute Gasteiger partial charge is 0.481 e. The fourth-order valence-corrected chi connectivity index (χ4v) is 2.63. The molecule has 0 aromatic rings. The third kappa shape index (κ3) is 3.32. The van der Waals surface area contributed by atoms with Crippen molar-refractivity contribution in [3.63, 3.8) is 0 Å². The Morgan fingerprint density at radius 1 is 1.36 bits per heavy atom. The second-order valence-electron chi connectivity index (χ2n) is 4.82. The highest BCUT2D eigenvalue weighted by atomic mass is 16.4. The molecule has 1 aliphatic carbocycles. The summed E-state index contributed by atoms with van der Waals surface area (Å²) in [7, 11) is 0. The van der Waals surface area contributed by atoms with Gasteiger partial charge in [0.1, 0.15) is 0 Å². The highest BCUT2D eigenvalue weighted by molar-refractivity contribution is 5.69. The fourth-order valence-electron chi connectivity index (χ4n) is 2.63. The number of hydrogen-bond donors (Lipinski definition) is 1. The van der Waals surface area contributed by atoms with Crippen molar-refractivity contribution in [2.24, 2.45) is 17.8 Å². The molecule has 1 N–H and O–H groups in total. The highest BCUT2D eigenvalue weighted by Crippen LogP contribution is 2.31. The lowest BCUT2D eigenvalue weighted by atomic mass is 9.79. The number of carboxylic acid groups (broad SMARTS) is 1. The van der Waals surface area contributed by atoms with E-state index in [9.17, 15) is 4.79 Å². The van der Waals surface area contributed by atoms with Gasteiger partial charge in [0, 0.05) is 0 Å². The molecule has 14 heavy (non-hydrogen) atoms. The third-order valence-electron chi connectivity index (χ3n) is 3.51. The van der Waals surface area contributed by atoms with Crippen molar-refractivity contribution in [3.05, 3.63) is 0 Å². The molecular weight excluding hydrogens is 176 g/mol. The molecule has 1 aliphatic rings. The first kappa shape index (κ1) is 11.5. The summed E-state index contributed by atoms with van der Waals surface area (Å²) >= 11 is 0. The molecule has 1 rings (SSSR count). The van der Waals surface area contributed by atoms with Crippen LogP contribution in [0, 0.1) is 17.8 Å². The predicted octanol–water partition coefficient (Wildman–Crippen LogP) is 3.31. The fraction of sp³-hybridized carbons (Fsp3) is 0.917. The van der Waals surface area contributed by atoms with Crippen LogP contribution in [0.5, 0.6) is 0 Å². The van der Waals surface area contributed by atoms with Crippen LogP contribution in [-0.4, -0.2) is 11.1 Å². The number of hydrogen-bond acceptors (Lipinski definition) is 1. The normalized spacial score (nSPS) is 34.6. The van der Waals surface area contributed by atoms with Crippen LogP contribution in [0.4, 0.5) is 0 Å². The van der Waals surface area contributed by atoms with Gasteiger partial charge in [-0.3, -0.25) is 4.79 Å². The van der Waals surface area contributed by atoms with Crippen LogP contribution in [-0.2, 0) is 4.79 Å². The number of carbonyl (C=O) groups is 1. The first-order valence-corrected chi connectivity index (χ1v) is 5.86. The van der Waals surface area contributed by atoms with E-state index in [0.29, 0.717) is 5.92 Å². The lowest BCUT2D eigenvalue weighted by Gasteiger charge is -2.26. The van der Waals surface area contributed by atoms with Gasteiger partial charge in [-0.2, -0.15) is 0 Å². The molecule has 0 aromatic heterocycles. The summed E-state index contributed by atoms with van der Waals surface area (Å²) < 4.78 is 0. The van der Waals surface area contributed by atoms with Crippen molar-refractivity contribution in [1.29, 1.82) is 0 Å². The molecule has 0 aromatic carbocycles. The summed E-state index contributed by atoms with van der Waals surface area (Å²) in [6.45, 7) is 4.44.